The molecule has 0 amide bonds. The number of ether oxygens (including phenoxy) is 2. The van der Waals surface area contributed by atoms with E-state index < -0.39 is 0 Å². The normalized spacial score (nSPS) is 11.6. The Hall–Kier alpha value is -3.61. The fraction of sp³-hybridized carbons (Fsp3) is 0.227. The van der Waals surface area contributed by atoms with Crippen LogP contribution in [-0.4, -0.2) is 29.2 Å². The van der Waals surface area contributed by atoms with E-state index in [4.69, 9.17) is 15.2 Å². The van der Waals surface area contributed by atoms with Crippen LogP contribution >= 0.6 is 0 Å². The number of methoxy groups -OCH3 is 2. The molecule has 3 N–H and O–H groups in total. The van der Waals surface area contributed by atoms with Crippen molar-refractivity contribution in [3.8, 4) is 11.5 Å². The fourth-order valence-corrected chi connectivity index (χ4v) is 2.97. The van der Waals surface area contributed by atoms with Gasteiger partial charge in [-0.2, -0.15) is 9.97 Å². The molecule has 7 nitrogen and oxygen atoms in total. The number of hydrogen-bond acceptors (Lipinski definition) is 7. The van der Waals surface area contributed by atoms with E-state index in [0.717, 1.165) is 16.7 Å². The Bertz CT molecular complexity index is 1010. The van der Waals surface area contributed by atoms with Crippen LogP contribution in [0.5, 0.6) is 11.5 Å². The van der Waals surface area contributed by atoms with E-state index in [1.807, 2.05) is 62.4 Å². The van der Waals surface area contributed by atoms with Crippen molar-refractivity contribution in [2.45, 2.75) is 20.4 Å². The lowest BCUT2D eigenvalue weighted by atomic mass is 10.0. The summed E-state index contributed by atoms with van der Waals surface area (Å²) in [5.41, 5.74) is 9.50. The molecular weight excluding hydrogens is 366 g/mol. The van der Waals surface area contributed by atoms with Crippen LogP contribution in [0.3, 0.4) is 0 Å². The summed E-state index contributed by atoms with van der Waals surface area (Å²) in [7, 11) is 3.20. The largest absolute Gasteiger partial charge is 0.493 e. The molecule has 150 valence electrons. The Morgan fingerprint density at radius 2 is 1.69 bits per heavy atom. The number of hydrogen-bond donors (Lipinski definition) is 2. The van der Waals surface area contributed by atoms with Gasteiger partial charge in [0, 0.05) is 17.8 Å². The van der Waals surface area contributed by atoms with Gasteiger partial charge in [0.05, 0.1) is 14.2 Å². The van der Waals surface area contributed by atoms with Gasteiger partial charge in [-0.1, -0.05) is 36.4 Å². The van der Waals surface area contributed by atoms with Crippen molar-refractivity contribution in [1.29, 1.82) is 0 Å². The molecule has 1 heterocycles. The predicted octanol–water partition coefficient (Wildman–Crippen LogP) is 3.55. The highest BCUT2D eigenvalue weighted by molar-refractivity contribution is 5.79. The Morgan fingerprint density at radius 1 is 0.966 bits per heavy atom. The van der Waals surface area contributed by atoms with Gasteiger partial charge >= 0.3 is 0 Å². The van der Waals surface area contributed by atoms with Crippen molar-refractivity contribution in [3.63, 3.8) is 0 Å². The second-order valence-electron chi connectivity index (χ2n) is 6.50. The van der Waals surface area contributed by atoms with Crippen molar-refractivity contribution in [1.82, 2.24) is 15.0 Å². The van der Waals surface area contributed by atoms with Gasteiger partial charge in [0.2, 0.25) is 5.95 Å². The molecule has 3 aromatic rings. The molecule has 2 aromatic carbocycles. The van der Waals surface area contributed by atoms with Crippen LogP contribution in [0.2, 0.25) is 0 Å². The summed E-state index contributed by atoms with van der Waals surface area (Å²) in [5.74, 6) is 2.85. The van der Waals surface area contributed by atoms with Crippen LogP contribution in [0.1, 0.15) is 29.7 Å². The van der Waals surface area contributed by atoms with E-state index in [1.54, 1.807) is 14.2 Å². The highest BCUT2D eigenvalue weighted by Gasteiger charge is 2.16. The van der Waals surface area contributed by atoms with Crippen LogP contribution < -0.4 is 20.5 Å². The van der Waals surface area contributed by atoms with E-state index in [0.29, 0.717) is 41.3 Å². The molecule has 0 atom stereocenters. The average Bonchev–Trinajstić information content (AvgIpc) is 2.72. The first-order valence-corrected chi connectivity index (χ1v) is 9.21. The zero-order valence-corrected chi connectivity index (χ0v) is 17.1. The molecule has 7 heteroatoms. The lowest BCUT2D eigenvalue weighted by molar-refractivity contribution is 0.355. The predicted molar refractivity (Wildman–Crippen MR) is 114 cm³/mol. The van der Waals surface area contributed by atoms with Crippen LogP contribution in [0.4, 0.5) is 5.95 Å². The second kappa shape index (κ2) is 9.05. The Labute approximate surface area is 170 Å². The second-order valence-corrected chi connectivity index (χ2v) is 6.50. The summed E-state index contributed by atoms with van der Waals surface area (Å²) in [4.78, 5) is 13.5. The molecule has 0 radical (unpaired) electrons. The van der Waals surface area contributed by atoms with E-state index >= 15 is 0 Å². The number of nitrogens with two attached hydrogens (primary N) is 1. The number of nitrogens with zero attached hydrogens (tertiary/aromatic N) is 3. The number of aryl methyl sites for hydroxylation is 1. The maximum Gasteiger partial charge on any atom is 0.226 e. The summed E-state index contributed by atoms with van der Waals surface area (Å²) in [6, 6.07) is 15.7. The molecule has 3 rings (SSSR count). The van der Waals surface area contributed by atoms with Gasteiger partial charge in [-0.3, -0.25) is 0 Å². The van der Waals surface area contributed by atoms with Gasteiger partial charge in [-0.15, -0.1) is 0 Å². The molecular formula is C22H25N5O2. The first-order valence-electron chi connectivity index (χ1n) is 9.21. The third-order valence-electron chi connectivity index (χ3n) is 4.33. The van der Waals surface area contributed by atoms with Gasteiger partial charge in [-0.05, 0) is 37.1 Å². The minimum Gasteiger partial charge on any atom is -0.493 e. The Morgan fingerprint density at radius 3 is 2.34 bits per heavy atom. The topological polar surface area (TPSA) is 95.2 Å². The van der Waals surface area contributed by atoms with Crippen molar-refractivity contribution in [3.05, 3.63) is 77.0 Å². The first kappa shape index (κ1) is 20.1. The minimum atomic E-state index is 0.496. The van der Waals surface area contributed by atoms with Crippen molar-refractivity contribution >= 4 is 11.5 Å². The molecule has 0 aliphatic carbocycles. The smallest absolute Gasteiger partial charge is 0.226 e. The van der Waals surface area contributed by atoms with Crippen LogP contribution in [0.25, 0.3) is 5.57 Å². The summed E-state index contributed by atoms with van der Waals surface area (Å²) in [6.45, 7) is 4.26. The maximum absolute atomic E-state index is 6.21. The van der Waals surface area contributed by atoms with Gasteiger partial charge in [-0.25, -0.2) is 4.98 Å². The Kier molecular flexibility index (Phi) is 6.29. The van der Waals surface area contributed by atoms with Gasteiger partial charge in [0.25, 0.3) is 0 Å². The third kappa shape index (κ3) is 4.82. The average molecular weight is 391 g/mol. The number of aromatic nitrogens is 3. The van der Waals surface area contributed by atoms with Crippen LogP contribution in [0.15, 0.2) is 54.2 Å². The standard InChI is InChI=1S/C22H25N5O2/c1-14(23)20(17-10-11-18(28-3)19(12-17)29-4)21-25-15(2)26-22(27-21)24-13-16-8-6-5-7-9-16/h5-12H,13,23H2,1-4H3,(H,24,25,26,27)/b20-14-. The van der Waals surface area contributed by atoms with E-state index in [2.05, 4.69) is 20.3 Å². The van der Waals surface area contributed by atoms with Gasteiger partial charge in [0.15, 0.2) is 17.3 Å². The van der Waals surface area contributed by atoms with Crippen LogP contribution in [0, 0.1) is 6.92 Å². The summed E-state index contributed by atoms with van der Waals surface area (Å²) in [5, 5.41) is 3.26. The molecule has 0 bridgehead atoms. The summed E-state index contributed by atoms with van der Waals surface area (Å²) in [6.07, 6.45) is 0. The molecule has 0 aliphatic heterocycles. The SMILES string of the molecule is COc1ccc(/C(=C(\C)N)c2nc(C)nc(NCc3ccccc3)n2)cc1OC. The monoisotopic (exact) mass is 391 g/mol. The molecule has 1 aromatic heterocycles. The number of nitrogens with one attached hydrogen (secondary N) is 1. The Balaban J connectivity index is 1.96. The van der Waals surface area contributed by atoms with E-state index in [9.17, 15) is 0 Å². The van der Waals surface area contributed by atoms with E-state index in [-0.39, 0.29) is 0 Å². The summed E-state index contributed by atoms with van der Waals surface area (Å²) >= 11 is 0. The minimum absolute atomic E-state index is 0.496. The van der Waals surface area contributed by atoms with Crippen molar-refractivity contribution in [2.75, 3.05) is 19.5 Å². The quantitative estimate of drug-likeness (QED) is 0.636. The highest BCUT2D eigenvalue weighted by Crippen LogP contribution is 2.32. The number of allylic oxidation sites excluding steroid dienone is 1. The van der Waals surface area contributed by atoms with E-state index in [1.165, 1.54) is 0 Å². The van der Waals surface area contributed by atoms with Gasteiger partial charge in [0.1, 0.15) is 5.82 Å². The lowest BCUT2D eigenvalue weighted by Crippen LogP contribution is -2.10. The fourth-order valence-electron chi connectivity index (χ4n) is 2.97. The van der Waals surface area contributed by atoms with Crippen molar-refractivity contribution < 1.29 is 9.47 Å². The third-order valence-corrected chi connectivity index (χ3v) is 4.33. The lowest BCUT2D eigenvalue weighted by Gasteiger charge is -2.14. The summed E-state index contributed by atoms with van der Waals surface area (Å²) < 4.78 is 10.7. The maximum atomic E-state index is 6.21. The first-order chi connectivity index (χ1) is 14.0. The molecule has 0 saturated heterocycles. The zero-order chi connectivity index (χ0) is 20.8. The van der Waals surface area contributed by atoms with Crippen LogP contribution in [-0.2, 0) is 6.54 Å². The molecule has 0 aliphatic rings. The molecule has 0 saturated carbocycles. The number of anilines is 1. The molecule has 0 spiro atoms. The molecule has 0 unspecified atom stereocenters. The highest BCUT2D eigenvalue weighted by atomic mass is 16.5. The zero-order valence-electron chi connectivity index (χ0n) is 17.1. The van der Waals surface area contributed by atoms with Gasteiger partial charge < -0.3 is 20.5 Å². The van der Waals surface area contributed by atoms with Crippen molar-refractivity contribution in [2.24, 2.45) is 5.73 Å². The number of benzene rings is 2. The number of rotatable bonds is 7. The molecule has 29 heavy (non-hydrogen) atoms. The molecule has 0 fully saturated rings.